The number of carbonyl (C=O) groups excluding carboxylic acids is 3. The summed E-state index contributed by atoms with van der Waals surface area (Å²) in [6, 6.07) is 4.34. The lowest BCUT2D eigenvalue weighted by Gasteiger charge is -2.14. The van der Waals surface area contributed by atoms with E-state index in [1.54, 1.807) is 19.1 Å². The fourth-order valence-electron chi connectivity index (χ4n) is 2.92. The van der Waals surface area contributed by atoms with E-state index in [1.807, 2.05) is 0 Å². The summed E-state index contributed by atoms with van der Waals surface area (Å²) in [6.45, 7) is 5.87. The quantitative estimate of drug-likeness (QED) is 0.461. The summed E-state index contributed by atoms with van der Waals surface area (Å²) >= 11 is 6.84. The molecule has 0 unspecified atom stereocenters. The maximum Gasteiger partial charge on any atom is 0.267 e. The van der Waals surface area contributed by atoms with E-state index in [4.69, 9.17) is 16.1 Å². The largest absolute Gasteiger partial charge is 0.336 e. The summed E-state index contributed by atoms with van der Waals surface area (Å²) in [5, 5.41) is 7.53. The van der Waals surface area contributed by atoms with Crippen LogP contribution in [0.1, 0.15) is 55.5 Å². The number of halogens is 1. The molecule has 2 aromatic heterocycles. The number of aryl methyl sites for hydroxylation is 2. The molecule has 0 saturated heterocycles. The van der Waals surface area contributed by atoms with Crippen LogP contribution in [0.2, 0.25) is 5.02 Å². The molecule has 0 bridgehead atoms. The maximum absolute atomic E-state index is 13.0. The van der Waals surface area contributed by atoms with E-state index in [2.05, 4.69) is 15.2 Å². The molecule has 0 aliphatic heterocycles. The summed E-state index contributed by atoms with van der Waals surface area (Å²) in [4.78, 5) is 36.8. The molecule has 3 rings (SSSR count). The Morgan fingerprint density at radius 1 is 1.09 bits per heavy atom. The molecule has 0 aliphatic carbocycles. The van der Waals surface area contributed by atoms with E-state index in [9.17, 15) is 22.8 Å². The Balaban J connectivity index is 2.00. The van der Waals surface area contributed by atoms with E-state index in [-0.39, 0.29) is 49.1 Å². The number of nitrogens with zero attached hydrogens (tertiary/aromatic N) is 1. The summed E-state index contributed by atoms with van der Waals surface area (Å²) in [7, 11) is -4.26. The van der Waals surface area contributed by atoms with Gasteiger partial charge in [0.2, 0.25) is 0 Å². The zero-order chi connectivity index (χ0) is 23.8. The highest BCUT2D eigenvalue weighted by Crippen LogP contribution is 2.31. The molecule has 0 aliphatic rings. The smallest absolute Gasteiger partial charge is 0.267 e. The van der Waals surface area contributed by atoms with Crippen LogP contribution in [0.25, 0.3) is 0 Å². The number of sulfonamides is 1. The Morgan fingerprint density at radius 3 is 2.19 bits per heavy atom. The lowest BCUT2D eigenvalue weighted by Crippen LogP contribution is -2.20. The van der Waals surface area contributed by atoms with Gasteiger partial charge in [-0.05, 0) is 56.8 Å². The van der Waals surface area contributed by atoms with Crippen molar-refractivity contribution in [3.8, 4) is 0 Å². The number of benzene rings is 1. The van der Waals surface area contributed by atoms with Crippen LogP contribution in [0.15, 0.2) is 33.0 Å². The first-order valence-corrected chi connectivity index (χ1v) is 11.9. The minimum absolute atomic E-state index is 0.00772. The van der Waals surface area contributed by atoms with Crippen molar-refractivity contribution in [2.75, 3.05) is 10.0 Å². The van der Waals surface area contributed by atoms with Crippen LogP contribution in [0.5, 0.6) is 0 Å². The first kappa shape index (κ1) is 23.6. The number of Topliss-reactive ketones (excluding diaryl/α,β-unsaturated/α-hetero) is 2. The fraction of sp³-hybridized carbons (Fsp3) is 0.200. The molecular formula is C20H18ClN3O6S2. The normalized spacial score (nSPS) is 11.3. The first-order valence-electron chi connectivity index (χ1n) is 9.12. The standard InChI is InChI=1S/C20H18ClN3O6S2/c1-9-7-13(11(3)25)17(14(8-9)12(4)26)22-19(27)18-15(5-6-31-18)32(28,29)24-20-16(21)10(2)23-30-20/h5-8,24H,1-4H3,(H,22,27). The molecule has 12 heteroatoms. The van der Waals surface area contributed by atoms with Gasteiger partial charge in [0, 0.05) is 11.1 Å². The number of amides is 1. The monoisotopic (exact) mass is 495 g/mol. The van der Waals surface area contributed by atoms with Crippen LogP contribution in [-0.4, -0.2) is 31.0 Å². The minimum atomic E-state index is -4.26. The van der Waals surface area contributed by atoms with Crippen molar-refractivity contribution in [1.82, 2.24) is 5.16 Å². The third-order valence-electron chi connectivity index (χ3n) is 4.42. The Labute approximate surface area is 192 Å². The lowest BCUT2D eigenvalue weighted by molar-refractivity contribution is 0.101. The van der Waals surface area contributed by atoms with Gasteiger partial charge in [-0.25, -0.2) is 13.1 Å². The number of anilines is 2. The highest BCUT2D eigenvalue weighted by Gasteiger charge is 2.28. The van der Waals surface area contributed by atoms with Crippen LogP contribution in [0.3, 0.4) is 0 Å². The van der Waals surface area contributed by atoms with Gasteiger partial charge in [0.15, 0.2) is 11.6 Å². The van der Waals surface area contributed by atoms with Gasteiger partial charge in [-0.15, -0.1) is 11.3 Å². The van der Waals surface area contributed by atoms with Crippen molar-refractivity contribution in [3.63, 3.8) is 0 Å². The average Bonchev–Trinajstić information content (AvgIpc) is 3.32. The first-order chi connectivity index (χ1) is 14.9. The molecule has 3 aromatic rings. The maximum atomic E-state index is 13.0. The summed E-state index contributed by atoms with van der Waals surface area (Å²) in [5.74, 6) is -1.79. The number of ketones is 2. The number of nitrogens with one attached hydrogen (secondary N) is 2. The van der Waals surface area contributed by atoms with Crippen LogP contribution >= 0.6 is 22.9 Å². The fourth-order valence-corrected chi connectivity index (χ4v) is 5.41. The highest BCUT2D eigenvalue weighted by molar-refractivity contribution is 7.93. The number of carbonyl (C=O) groups is 3. The Morgan fingerprint density at radius 2 is 1.69 bits per heavy atom. The molecule has 0 radical (unpaired) electrons. The van der Waals surface area contributed by atoms with Gasteiger partial charge in [0.1, 0.15) is 20.5 Å². The molecule has 168 valence electrons. The number of aromatic nitrogens is 1. The third-order valence-corrected chi connectivity index (χ3v) is 7.28. The van der Waals surface area contributed by atoms with Gasteiger partial charge >= 0.3 is 0 Å². The molecule has 2 N–H and O–H groups in total. The van der Waals surface area contributed by atoms with Crippen LogP contribution < -0.4 is 10.0 Å². The average molecular weight is 496 g/mol. The number of hydrogen-bond acceptors (Lipinski definition) is 8. The topological polar surface area (TPSA) is 135 Å². The predicted molar refractivity (Wildman–Crippen MR) is 121 cm³/mol. The van der Waals surface area contributed by atoms with E-state index in [1.165, 1.54) is 32.2 Å². The predicted octanol–water partition coefficient (Wildman–Crippen LogP) is 4.46. The molecule has 0 spiro atoms. The zero-order valence-corrected chi connectivity index (χ0v) is 19.8. The summed E-state index contributed by atoms with van der Waals surface area (Å²) in [5.41, 5.74) is 1.28. The molecule has 0 fully saturated rings. The number of rotatable bonds is 7. The molecule has 32 heavy (non-hydrogen) atoms. The molecule has 2 heterocycles. The molecule has 1 amide bonds. The van der Waals surface area contributed by atoms with E-state index < -0.39 is 15.9 Å². The van der Waals surface area contributed by atoms with Crippen LogP contribution in [0.4, 0.5) is 11.6 Å². The van der Waals surface area contributed by atoms with Crippen LogP contribution in [-0.2, 0) is 10.0 Å². The molecule has 9 nitrogen and oxygen atoms in total. The molecule has 0 atom stereocenters. The molecular weight excluding hydrogens is 478 g/mol. The van der Waals surface area contributed by atoms with Crippen molar-refractivity contribution in [1.29, 1.82) is 0 Å². The van der Waals surface area contributed by atoms with Gasteiger partial charge in [0.25, 0.3) is 21.8 Å². The Kier molecular flexibility index (Phi) is 6.54. The summed E-state index contributed by atoms with van der Waals surface area (Å²) in [6.07, 6.45) is 0. The molecule has 1 aromatic carbocycles. The van der Waals surface area contributed by atoms with E-state index in [0.717, 1.165) is 11.3 Å². The SMILES string of the molecule is CC(=O)c1cc(C)cc(C(C)=O)c1NC(=O)c1sccc1S(=O)(=O)Nc1onc(C)c1Cl. The van der Waals surface area contributed by atoms with Crippen LogP contribution in [0, 0.1) is 13.8 Å². The summed E-state index contributed by atoms with van der Waals surface area (Å²) < 4.78 is 32.8. The third kappa shape index (κ3) is 4.59. The Bertz CT molecular complexity index is 1320. The van der Waals surface area contributed by atoms with Gasteiger partial charge in [-0.3, -0.25) is 14.4 Å². The van der Waals surface area contributed by atoms with Crippen molar-refractivity contribution in [2.45, 2.75) is 32.6 Å². The van der Waals surface area contributed by atoms with Gasteiger partial charge in [-0.1, -0.05) is 16.8 Å². The molecule has 0 saturated carbocycles. The van der Waals surface area contributed by atoms with Gasteiger partial charge in [-0.2, -0.15) is 0 Å². The van der Waals surface area contributed by atoms with Crippen molar-refractivity contribution < 1.29 is 27.3 Å². The second-order valence-electron chi connectivity index (χ2n) is 6.93. The number of hydrogen-bond donors (Lipinski definition) is 2. The van der Waals surface area contributed by atoms with E-state index in [0.29, 0.717) is 11.3 Å². The highest BCUT2D eigenvalue weighted by atomic mass is 35.5. The van der Waals surface area contributed by atoms with Crippen molar-refractivity contribution >= 4 is 62.0 Å². The second-order valence-corrected chi connectivity index (χ2v) is 9.88. The van der Waals surface area contributed by atoms with Gasteiger partial charge < -0.3 is 9.84 Å². The minimum Gasteiger partial charge on any atom is -0.336 e. The second kappa shape index (κ2) is 8.85. The van der Waals surface area contributed by atoms with E-state index >= 15 is 0 Å². The van der Waals surface area contributed by atoms with Gasteiger partial charge in [0.05, 0.1) is 5.69 Å². The van der Waals surface area contributed by atoms with Crippen molar-refractivity contribution in [3.05, 3.63) is 55.9 Å². The van der Waals surface area contributed by atoms with Crippen molar-refractivity contribution in [2.24, 2.45) is 0 Å². The zero-order valence-electron chi connectivity index (χ0n) is 17.4. The number of thiophene rings is 1. The lowest BCUT2D eigenvalue weighted by atomic mass is 9.98. The Hall–Kier alpha value is -3.02.